The van der Waals surface area contributed by atoms with Gasteiger partial charge in [-0.05, 0) is 76.1 Å². The van der Waals surface area contributed by atoms with Gasteiger partial charge >= 0.3 is 6.03 Å². The molecule has 1 N–H and O–H groups in total. The van der Waals surface area contributed by atoms with E-state index in [1.54, 1.807) is 41.5 Å². The van der Waals surface area contributed by atoms with E-state index in [0.717, 1.165) is 20.5 Å². The second-order valence-electron chi connectivity index (χ2n) is 8.08. The Bertz CT molecular complexity index is 1120. The number of carbonyl (C=O) groups excluding carboxylic acids is 2. The monoisotopic (exact) mass is 561 g/mol. The van der Waals surface area contributed by atoms with Gasteiger partial charge in [-0.3, -0.25) is 4.79 Å². The van der Waals surface area contributed by atoms with E-state index in [-0.39, 0.29) is 24.3 Å². The lowest BCUT2D eigenvalue weighted by Crippen LogP contribution is -2.44. The molecule has 0 aliphatic rings. The first-order chi connectivity index (χ1) is 16.9. The number of nitrogens with zero attached hydrogens (tertiary/aromatic N) is 2. The van der Waals surface area contributed by atoms with Gasteiger partial charge in [0.25, 0.3) is 0 Å². The van der Waals surface area contributed by atoms with Gasteiger partial charge in [-0.25, -0.2) is 9.18 Å². The zero-order chi connectivity index (χ0) is 25.2. The molecule has 0 radical (unpaired) electrons. The number of hydrogen-bond donors (Lipinski definition) is 1. The molecule has 0 saturated carbocycles. The number of para-hydroxylation sites is 1. The molecule has 0 unspecified atom stereocenters. The quantitative estimate of drug-likeness (QED) is 0.289. The van der Waals surface area contributed by atoms with Gasteiger partial charge in [0.2, 0.25) is 5.91 Å². The highest BCUT2D eigenvalue weighted by atomic mass is 79.9. The molecule has 9 heteroatoms. The number of rotatable bonds is 11. The van der Waals surface area contributed by atoms with E-state index in [1.807, 2.05) is 36.6 Å². The molecule has 2 aromatic carbocycles. The van der Waals surface area contributed by atoms with Crippen molar-refractivity contribution in [3.05, 3.63) is 86.3 Å². The molecule has 1 heterocycles. The lowest BCUT2D eigenvalue weighted by molar-refractivity contribution is -0.133. The molecule has 1 aromatic heterocycles. The second kappa shape index (κ2) is 13.4. The van der Waals surface area contributed by atoms with Crippen LogP contribution in [0.5, 0.6) is 0 Å². The van der Waals surface area contributed by atoms with Crippen molar-refractivity contribution >= 4 is 44.9 Å². The van der Waals surface area contributed by atoms with Gasteiger partial charge in [-0.15, -0.1) is 11.3 Å². The number of nitrogens with one attached hydrogen (secondary N) is 1. The van der Waals surface area contributed by atoms with Gasteiger partial charge in [0.05, 0.1) is 12.2 Å². The number of carbonyl (C=O) groups is 2. The Morgan fingerprint density at radius 2 is 1.80 bits per heavy atom. The van der Waals surface area contributed by atoms with Crippen molar-refractivity contribution in [2.45, 2.75) is 26.4 Å². The molecule has 0 bridgehead atoms. The molecule has 0 aliphatic carbocycles. The van der Waals surface area contributed by atoms with Crippen LogP contribution in [0.15, 0.2) is 64.5 Å². The summed E-state index contributed by atoms with van der Waals surface area (Å²) in [5.74, 6) is -0.518. The van der Waals surface area contributed by atoms with Crippen molar-refractivity contribution in [1.29, 1.82) is 0 Å². The Kier molecular flexibility index (Phi) is 10.3. The summed E-state index contributed by atoms with van der Waals surface area (Å²) in [6.45, 7) is 3.48. The Morgan fingerprint density at radius 1 is 1.06 bits per heavy atom. The van der Waals surface area contributed by atoms with Gasteiger partial charge in [0.15, 0.2) is 0 Å². The summed E-state index contributed by atoms with van der Waals surface area (Å²) in [4.78, 5) is 30.9. The maximum Gasteiger partial charge on any atom is 0.322 e. The number of ether oxygens (including phenoxy) is 1. The third kappa shape index (κ3) is 8.16. The number of methoxy groups -OCH3 is 1. The number of thiophene rings is 1. The SMILES string of the molecule is COCCCN(CC(=O)N(Cc1ccc(F)cc1)Cc1sccc1C)C(=O)Nc1ccccc1Br. The Labute approximate surface area is 217 Å². The van der Waals surface area contributed by atoms with Gasteiger partial charge in [0, 0.05) is 36.2 Å². The minimum Gasteiger partial charge on any atom is -0.385 e. The van der Waals surface area contributed by atoms with Crippen LogP contribution in [0, 0.1) is 12.7 Å². The van der Waals surface area contributed by atoms with E-state index in [0.29, 0.717) is 38.3 Å². The standard InChI is InChI=1S/C26H29BrFN3O3S/c1-19-12-15-35-24(19)17-31(16-20-8-10-21(28)11-9-20)25(32)18-30(13-5-14-34-2)26(33)29-23-7-4-3-6-22(23)27/h3-4,6-12,15H,5,13-14,16-18H2,1-2H3,(H,29,33). The van der Waals surface area contributed by atoms with Crippen LogP contribution >= 0.6 is 27.3 Å². The van der Waals surface area contributed by atoms with E-state index >= 15 is 0 Å². The summed E-state index contributed by atoms with van der Waals surface area (Å²) in [6.07, 6.45) is 0.592. The fraction of sp³-hybridized carbons (Fsp3) is 0.308. The molecule has 6 nitrogen and oxygen atoms in total. The molecule has 0 saturated heterocycles. The van der Waals surface area contributed by atoms with Crippen LogP contribution in [0.4, 0.5) is 14.9 Å². The molecule has 35 heavy (non-hydrogen) atoms. The second-order valence-corrected chi connectivity index (χ2v) is 9.94. The summed E-state index contributed by atoms with van der Waals surface area (Å²) < 4.78 is 19.3. The lowest BCUT2D eigenvalue weighted by Gasteiger charge is -2.28. The fourth-order valence-corrected chi connectivity index (χ4v) is 4.76. The third-order valence-corrected chi connectivity index (χ3v) is 7.15. The predicted octanol–water partition coefficient (Wildman–Crippen LogP) is 6.06. The fourth-order valence-electron chi connectivity index (χ4n) is 3.45. The highest BCUT2D eigenvalue weighted by molar-refractivity contribution is 9.10. The summed E-state index contributed by atoms with van der Waals surface area (Å²) in [5, 5.41) is 4.87. The maximum atomic E-state index is 13.5. The van der Waals surface area contributed by atoms with E-state index in [2.05, 4.69) is 21.2 Å². The lowest BCUT2D eigenvalue weighted by atomic mass is 10.2. The Balaban J connectivity index is 1.78. The zero-order valence-corrected chi connectivity index (χ0v) is 22.2. The number of halogens is 2. The van der Waals surface area contributed by atoms with Crippen LogP contribution in [0.2, 0.25) is 0 Å². The molecule has 3 aromatic rings. The van der Waals surface area contributed by atoms with Gasteiger partial charge in [0.1, 0.15) is 12.4 Å². The zero-order valence-electron chi connectivity index (χ0n) is 19.8. The largest absolute Gasteiger partial charge is 0.385 e. The number of aryl methyl sites for hydroxylation is 1. The number of anilines is 1. The maximum absolute atomic E-state index is 13.5. The molecule has 0 aliphatic heterocycles. The summed E-state index contributed by atoms with van der Waals surface area (Å²) in [7, 11) is 1.60. The third-order valence-electron chi connectivity index (χ3n) is 5.45. The van der Waals surface area contributed by atoms with Crippen molar-refractivity contribution < 1.29 is 18.7 Å². The van der Waals surface area contributed by atoms with E-state index in [1.165, 1.54) is 17.0 Å². The highest BCUT2D eigenvalue weighted by Gasteiger charge is 2.23. The first-order valence-electron chi connectivity index (χ1n) is 11.2. The molecule has 3 amide bonds. The molecule has 0 atom stereocenters. The number of benzene rings is 2. The van der Waals surface area contributed by atoms with E-state index < -0.39 is 0 Å². The smallest absolute Gasteiger partial charge is 0.322 e. The van der Waals surface area contributed by atoms with Gasteiger partial charge in [-0.1, -0.05) is 24.3 Å². The number of amides is 3. The van der Waals surface area contributed by atoms with Crippen LogP contribution in [0.25, 0.3) is 0 Å². The molecule has 0 spiro atoms. The first kappa shape index (κ1) is 26.8. The molecular weight excluding hydrogens is 533 g/mol. The van der Waals surface area contributed by atoms with Crippen LogP contribution in [-0.4, -0.2) is 48.5 Å². The average molecular weight is 563 g/mol. The van der Waals surface area contributed by atoms with Crippen molar-refractivity contribution in [3.63, 3.8) is 0 Å². The molecular formula is C26H29BrFN3O3S. The highest BCUT2D eigenvalue weighted by Crippen LogP contribution is 2.22. The Morgan fingerprint density at radius 3 is 2.46 bits per heavy atom. The van der Waals surface area contributed by atoms with Crippen molar-refractivity contribution in [1.82, 2.24) is 9.80 Å². The molecule has 186 valence electrons. The minimum absolute atomic E-state index is 0.0916. The molecule has 3 rings (SSSR count). The normalized spacial score (nSPS) is 10.7. The Hall–Kier alpha value is -2.75. The van der Waals surface area contributed by atoms with Crippen LogP contribution < -0.4 is 5.32 Å². The number of hydrogen-bond acceptors (Lipinski definition) is 4. The van der Waals surface area contributed by atoms with Crippen LogP contribution in [-0.2, 0) is 22.6 Å². The van der Waals surface area contributed by atoms with Gasteiger partial charge in [-0.2, -0.15) is 0 Å². The topological polar surface area (TPSA) is 61.9 Å². The van der Waals surface area contributed by atoms with Crippen molar-refractivity contribution in [2.24, 2.45) is 0 Å². The average Bonchev–Trinajstić information content (AvgIpc) is 3.25. The van der Waals surface area contributed by atoms with Crippen molar-refractivity contribution in [2.75, 3.05) is 32.1 Å². The first-order valence-corrected chi connectivity index (χ1v) is 12.9. The van der Waals surface area contributed by atoms with Crippen LogP contribution in [0.3, 0.4) is 0 Å². The summed E-state index contributed by atoms with van der Waals surface area (Å²) in [6, 6.07) is 15.1. The van der Waals surface area contributed by atoms with Gasteiger partial charge < -0.3 is 19.9 Å². The summed E-state index contributed by atoms with van der Waals surface area (Å²) in [5.41, 5.74) is 2.55. The summed E-state index contributed by atoms with van der Waals surface area (Å²) >= 11 is 5.03. The van der Waals surface area contributed by atoms with E-state index in [4.69, 9.17) is 4.74 Å². The van der Waals surface area contributed by atoms with E-state index in [9.17, 15) is 14.0 Å². The van der Waals surface area contributed by atoms with Crippen molar-refractivity contribution in [3.8, 4) is 0 Å². The minimum atomic E-state index is -0.365. The van der Waals surface area contributed by atoms with Crippen LogP contribution in [0.1, 0.15) is 22.4 Å². The number of urea groups is 1. The molecule has 0 fully saturated rings. The predicted molar refractivity (Wildman–Crippen MR) is 141 cm³/mol.